The molecule has 0 bridgehead atoms. The molecule has 1 aromatic rings. The lowest BCUT2D eigenvalue weighted by Gasteiger charge is -2.39. The Morgan fingerprint density at radius 3 is 2.67 bits per heavy atom. The minimum atomic E-state index is 0.655. The smallest absolute Gasteiger partial charge is 0.0900 e. The first kappa shape index (κ1) is 14.0. The van der Waals surface area contributed by atoms with Crippen LogP contribution in [0.15, 0.2) is 0 Å². The molecule has 0 spiro atoms. The molecule has 18 heavy (non-hydrogen) atoms. The van der Waals surface area contributed by atoms with Crippen LogP contribution in [0.3, 0.4) is 0 Å². The van der Waals surface area contributed by atoms with Crippen LogP contribution in [0.5, 0.6) is 0 Å². The molecule has 0 saturated carbocycles. The lowest BCUT2D eigenvalue weighted by molar-refractivity contribution is 0.118. The minimum absolute atomic E-state index is 0.655. The van der Waals surface area contributed by atoms with Crippen molar-refractivity contribution in [1.29, 1.82) is 0 Å². The van der Waals surface area contributed by atoms with Crippen molar-refractivity contribution in [2.45, 2.75) is 59.2 Å². The van der Waals surface area contributed by atoms with Gasteiger partial charge in [-0.25, -0.2) is 4.98 Å². The molecule has 0 aromatic carbocycles. The first-order valence-electron chi connectivity index (χ1n) is 7.04. The topological polar surface area (TPSA) is 28.2 Å². The van der Waals surface area contributed by atoms with Gasteiger partial charge >= 0.3 is 0 Å². The van der Waals surface area contributed by atoms with Crippen molar-refractivity contribution in [1.82, 2.24) is 15.2 Å². The molecule has 102 valence electrons. The summed E-state index contributed by atoms with van der Waals surface area (Å²) < 4.78 is 0. The Kier molecular flexibility index (Phi) is 4.76. The van der Waals surface area contributed by atoms with Crippen molar-refractivity contribution < 1.29 is 0 Å². The average Bonchev–Trinajstić information content (AvgIpc) is 2.67. The zero-order chi connectivity index (χ0) is 13.1. The second-order valence-corrected chi connectivity index (χ2v) is 6.53. The maximum Gasteiger partial charge on any atom is 0.0900 e. The molecule has 1 saturated heterocycles. The molecular weight excluding hydrogens is 242 g/mol. The molecule has 1 aliphatic rings. The second-order valence-electron chi connectivity index (χ2n) is 5.25. The van der Waals surface area contributed by atoms with Crippen LogP contribution >= 0.6 is 11.3 Å². The fourth-order valence-electron chi connectivity index (χ4n) is 2.70. The highest BCUT2D eigenvalue weighted by Gasteiger charge is 2.26. The monoisotopic (exact) mass is 267 g/mol. The van der Waals surface area contributed by atoms with Gasteiger partial charge in [0.15, 0.2) is 0 Å². The molecule has 2 unspecified atom stereocenters. The van der Waals surface area contributed by atoms with E-state index in [4.69, 9.17) is 0 Å². The van der Waals surface area contributed by atoms with Crippen LogP contribution in [0.25, 0.3) is 0 Å². The predicted molar refractivity (Wildman–Crippen MR) is 78.2 cm³/mol. The molecular formula is C14H25N3S. The Morgan fingerprint density at radius 1 is 1.33 bits per heavy atom. The van der Waals surface area contributed by atoms with E-state index in [9.17, 15) is 0 Å². The third-order valence-corrected chi connectivity index (χ3v) is 4.98. The van der Waals surface area contributed by atoms with Crippen LogP contribution in [0, 0.1) is 13.8 Å². The standard InChI is InChI=1S/C14H25N3S/c1-5-12-8-17(13(6-2)7-15-12)9-14-10(3)16-11(4)18-14/h12-13,15H,5-9H2,1-4H3. The van der Waals surface area contributed by atoms with Crippen LogP contribution in [0.1, 0.15) is 42.3 Å². The Balaban J connectivity index is 2.06. The number of nitrogens with zero attached hydrogens (tertiary/aromatic N) is 2. The van der Waals surface area contributed by atoms with Gasteiger partial charge in [-0.1, -0.05) is 13.8 Å². The zero-order valence-electron chi connectivity index (χ0n) is 12.0. The lowest BCUT2D eigenvalue weighted by atomic mass is 10.1. The fourth-order valence-corrected chi connectivity index (χ4v) is 3.67. The van der Waals surface area contributed by atoms with E-state index in [0.717, 1.165) is 13.1 Å². The molecule has 0 radical (unpaired) electrons. The molecule has 1 aliphatic heterocycles. The number of nitrogens with one attached hydrogen (secondary N) is 1. The second kappa shape index (κ2) is 6.13. The van der Waals surface area contributed by atoms with Crippen molar-refractivity contribution >= 4 is 11.3 Å². The highest BCUT2D eigenvalue weighted by atomic mass is 32.1. The number of piperazine rings is 1. The van der Waals surface area contributed by atoms with E-state index in [1.54, 1.807) is 0 Å². The molecule has 0 aliphatic carbocycles. The SMILES string of the molecule is CCC1CN(Cc2sc(C)nc2C)C(CC)CN1. The summed E-state index contributed by atoms with van der Waals surface area (Å²) in [6.45, 7) is 12.2. The van der Waals surface area contributed by atoms with E-state index in [1.165, 1.54) is 35.0 Å². The van der Waals surface area contributed by atoms with Crippen molar-refractivity contribution in [2.75, 3.05) is 13.1 Å². The maximum absolute atomic E-state index is 4.54. The van der Waals surface area contributed by atoms with Crippen molar-refractivity contribution in [3.63, 3.8) is 0 Å². The zero-order valence-corrected chi connectivity index (χ0v) is 12.8. The third-order valence-electron chi connectivity index (χ3n) is 3.92. The van der Waals surface area contributed by atoms with Crippen LogP contribution in [0.4, 0.5) is 0 Å². The Morgan fingerprint density at radius 2 is 2.11 bits per heavy atom. The van der Waals surface area contributed by atoms with Gasteiger partial charge in [-0.3, -0.25) is 4.90 Å². The van der Waals surface area contributed by atoms with Gasteiger partial charge in [-0.2, -0.15) is 0 Å². The van der Waals surface area contributed by atoms with Gasteiger partial charge in [-0.05, 0) is 26.7 Å². The largest absolute Gasteiger partial charge is 0.311 e. The molecule has 2 heterocycles. The normalized spacial score (nSPS) is 25.6. The Labute approximate surface area is 115 Å². The van der Waals surface area contributed by atoms with E-state index in [2.05, 4.69) is 42.9 Å². The summed E-state index contributed by atoms with van der Waals surface area (Å²) >= 11 is 1.86. The number of aryl methyl sites for hydroxylation is 2. The molecule has 1 N–H and O–H groups in total. The summed E-state index contributed by atoms with van der Waals surface area (Å²) in [5.41, 5.74) is 1.22. The van der Waals surface area contributed by atoms with E-state index < -0.39 is 0 Å². The van der Waals surface area contributed by atoms with Crippen molar-refractivity contribution in [3.05, 3.63) is 15.6 Å². The lowest BCUT2D eigenvalue weighted by Crippen LogP contribution is -2.55. The molecule has 1 fully saturated rings. The number of aromatic nitrogens is 1. The maximum atomic E-state index is 4.54. The van der Waals surface area contributed by atoms with Crippen LogP contribution < -0.4 is 5.32 Å². The summed E-state index contributed by atoms with van der Waals surface area (Å²) in [7, 11) is 0. The summed E-state index contributed by atoms with van der Waals surface area (Å²) in [6, 6.07) is 1.33. The number of hydrogen-bond donors (Lipinski definition) is 1. The van der Waals surface area contributed by atoms with Crippen molar-refractivity contribution in [2.24, 2.45) is 0 Å². The Hall–Kier alpha value is -0.450. The van der Waals surface area contributed by atoms with Gasteiger partial charge in [-0.15, -0.1) is 11.3 Å². The summed E-state index contributed by atoms with van der Waals surface area (Å²) in [5, 5.41) is 4.84. The average molecular weight is 267 g/mol. The molecule has 0 amide bonds. The van der Waals surface area contributed by atoms with Gasteiger partial charge in [0, 0.05) is 36.6 Å². The van der Waals surface area contributed by atoms with Gasteiger partial charge in [0.2, 0.25) is 0 Å². The van der Waals surface area contributed by atoms with Gasteiger partial charge in [0.05, 0.1) is 10.7 Å². The van der Waals surface area contributed by atoms with Crippen LogP contribution in [-0.4, -0.2) is 35.1 Å². The molecule has 2 rings (SSSR count). The molecule has 2 atom stereocenters. The predicted octanol–water partition coefficient (Wildman–Crippen LogP) is 2.72. The molecule has 1 aromatic heterocycles. The summed E-state index contributed by atoms with van der Waals surface area (Å²) in [6.07, 6.45) is 2.44. The van der Waals surface area contributed by atoms with E-state index in [0.29, 0.717) is 12.1 Å². The van der Waals surface area contributed by atoms with Gasteiger partial charge in [0.1, 0.15) is 0 Å². The quantitative estimate of drug-likeness (QED) is 0.909. The highest BCUT2D eigenvalue weighted by molar-refractivity contribution is 7.11. The Bertz CT molecular complexity index is 388. The number of thiazole rings is 1. The molecule has 4 heteroatoms. The van der Waals surface area contributed by atoms with Gasteiger partial charge < -0.3 is 5.32 Å². The van der Waals surface area contributed by atoms with E-state index in [-0.39, 0.29) is 0 Å². The number of hydrogen-bond acceptors (Lipinski definition) is 4. The van der Waals surface area contributed by atoms with Crippen molar-refractivity contribution in [3.8, 4) is 0 Å². The van der Waals surface area contributed by atoms with E-state index >= 15 is 0 Å². The highest BCUT2D eigenvalue weighted by Crippen LogP contribution is 2.22. The van der Waals surface area contributed by atoms with Crippen LogP contribution in [0.2, 0.25) is 0 Å². The first-order chi connectivity index (χ1) is 8.63. The summed E-state index contributed by atoms with van der Waals surface area (Å²) in [5.74, 6) is 0. The molecule has 3 nitrogen and oxygen atoms in total. The van der Waals surface area contributed by atoms with Gasteiger partial charge in [0.25, 0.3) is 0 Å². The van der Waals surface area contributed by atoms with E-state index in [1.807, 2.05) is 11.3 Å². The summed E-state index contributed by atoms with van der Waals surface area (Å²) in [4.78, 5) is 8.63. The first-order valence-corrected chi connectivity index (χ1v) is 7.86. The third kappa shape index (κ3) is 3.11. The fraction of sp³-hybridized carbons (Fsp3) is 0.786. The number of rotatable bonds is 4. The van der Waals surface area contributed by atoms with Crippen LogP contribution in [-0.2, 0) is 6.54 Å². The minimum Gasteiger partial charge on any atom is -0.311 e.